The van der Waals surface area contributed by atoms with Crippen LogP contribution in [0.1, 0.15) is 33.5 Å². The monoisotopic (exact) mass is 452 g/mol. The molecule has 9 nitrogen and oxygen atoms in total. The minimum atomic E-state index is -1.22. The highest BCUT2D eigenvalue weighted by Crippen LogP contribution is 2.28. The predicted octanol–water partition coefficient (Wildman–Crippen LogP) is 2.45. The Labute approximate surface area is 181 Å². The van der Waals surface area contributed by atoms with E-state index in [2.05, 4.69) is 15.3 Å². The maximum Gasteiger partial charge on any atom is 0.372 e. The molecule has 0 fully saturated rings. The molecular weight excluding hydrogens is 432 g/mol. The van der Waals surface area contributed by atoms with E-state index in [-0.39, 0.29) is 36.3 Å². The Morgan fingerprint density at radius 2 is 2.10 bits per heavy atom. The van der Waals surface area contributed by atoms with Gasteiger partial charge in [-0.1, -0.05) is 13.0 Å². The van der Waals surface area contributed by atoms with Gasteiger partial charge < -0.3 is 25.9 Å². The normalized spacial score (nSPS) is 12.0. The summed E-state index contributed by atoms with van der Waals surface area (Å²) in [4.78, 5) is 41.1. The highest BCUT2D eigenvalue weighted by Gasteiger charge is 2.16. The number of hydrogen-bond donors (Lipinski definition) is 4. The summed E-state index contributed by atoms with van der Waals surface area (Å²) < 4.78 is 5.18. The summed E-state index contributed by atoms with van der Waals surface area (Å²) in [5.41, 5.74) is 7.67. The van der Waals surface area contributed by atoms with Gasteiger partial charge in [0.05, 0.1) is 11.1 Å². The summed E-state index contributed by atoms with van der Waals surface area (Å²) in [6.07, 6.45) is 0.814. The lowest BCUT2D eigenvalue weighted by molar-refractivity contribution is -0.118. The lowest BCUT2D eigenvalue weighted by Gasteiger charge is -2.18. The summed E-state index contributed by atoms with van der Waals surface area (Å²) in [6, 6.07) is 5.53. The molecular formula is C19H21ClN4O5S. The van der Waals surface area contributed by atoms with Crippen molar-refractivity contribution in [3.05, 3.63) is 50.4 Å². The van der Waals surface area contributed by atoms with Crippen LogP contribution in [-0.2, 0) is 17.8 Å². The molecule has 3 aromatic rings. The number of rotatable bonds is 3. The third-order valence-corrected chi connectivity index (χ3v) is 5.67. The fourth-order valence-corrected chi connectivity index (χ4v) is 4.00. The van der Waals surface area contributed by atoms with Crippen LogP contribution in [-0.4, -0.2) is 33.6 Å². The van der Waals surface area contributed by atoms with Crippen molar-refractivity contribution < 1.29 is 19.4 Å². The van der Waals surface area contributed by atoms with Crippen LogP contribution in [0.15, 0.2) is 23.0 Å². The molecule has 1 amide bonds. The van der Waals surface area contributed by atoms with Crippen LogP contribution in [0.3, 0.4) is 0 Å². The number of carboxylic acid groups (broad SMARTS) is 1. The minimum absolute atomic E-state index is 0. The smallest absolute Gasteiger partial charge is 0.372 e. The van der Waals surface area contributed by atoms with Crippen molar-refractivity contribution in [3.8, 4) is 5.75 Å². The molecule has 11 heteroatoms. The van der Waals surface area contributed by atoms with Gasteiger partial charge in [-0.25, -0.2) is 9.78 Å². The highest BCUT2D eigenvalue weighted by molar-refractivity contribution is 7.18. The molecule has 0 atom stereocenters. The zero-order valence-corrected chi connectivity index (χ0v) is 17.9. The number of nitrogens with one attached hydrogen (secondary N) is 2. The van der Waals surface area contributed by atoms with Gasteiger partial charge in [0, 0.05) is 11.4 Å². The van der Waals surface area contributed by atoms with Gasteiger partial charge in [-0.15, -0.1) is 23.7 Å². The Balaban J connectivity index is 0.000000211. The van der Waals surface area contributed by atoms with Gasteiger partial charge in [0.1, 0.15) is 10.6 Å². The molecule has 1 aliphatic heterocycles. The number of aromatic carboxylic acids is 1. The molecule has 0 saturated heterocycles. The van der Waals surface area contributed by atoms with Crippen molar-refractivity contribution in [2.45, 2.75) is 26.8 Å². The number of nitrogens with two attached hydrogens (primary N) is 1. The van der Waals surface area contributed by atoms with Crippen LogP contribution in [0.25, 0.3) is 10.2 Å². The summed E-state index contributed by atoms with van der Waals surface area (Å²) in [5.74, 6) is -0.942. The first-order valence-electron chi connectivity index (χ1n) is 8.85. The van der Waals surface area contributed by atoms with Crippen LogP contribution >= 0.6 is 23.7 Å². The summed E-state index contributed by atoms with van der Waals surface area (Å²) in [5, 5.41) is 12.0. The van der Waals surface area contributed by atoms with Crippen molar-refractivity contribution in [1.82, 2.24) is 9.97 Å². The standard InChI is InChI=1S/C10H10N2O3S.C9H10N2O2.ClH/c1-3-5-4(2)6-8(13)11-7(10(14)15)12-9(6)16-5;10-4-6-1-2-8-7(3-6)11-9(12)5-13-8;/h3H2,1-2H3,(H,14,15)(H,11,12,13);1-3H,4-5,10H2,(H,11,12);1H. The quantitative estimate of drug-likeness (QED) is 0.477. The Bertz CT molecular complexity index is 1160. The molecule has 5 N–H and O–H groups in total. The van der Waals surface area contributed by atoms with Crippen molar-refractivity contribution in [1.29, 1.82) is 0 Å². The third-order valence-electron chi connectivity index (χ3n) is 4.34. The van der Waals surface area contributed by atoms with E-state index < -0.39 is 5.97 Å². The number of H-pyrrole nitrogens is 1. The van der Waals surface area contributed by atoms with Crippen molar-refractivity contribution in [2.24, 2.45) is 5.73 Å². The number of amides is 1. The number of thiophene rings is 1. The number of fused-ring (bicyclic) bond motifs is 2. The van der Waals surface area contributed by atoms with Gasteiger partial charge in [-0.05, 0) is 36.6 Å². The van der Waals surface area contributed by atoms with E-state index in [1.165, 1.54) is 11.3 Å². The Kier molecular flexibility index (Phi) is 7.54. The molecule has 0 spiro atoms. The molecule has 30 heavy (non-hydrogen) atoms. The first kappa shape index (κ1) is 23.3. The number of benzene rings is 1. The fraction of sp³-hybridized carbons (Fsp3) is 0.263. The lowest BCUT2D eigenvalue weighted by Crippen LogP contribution is -2.25. The Hall–Kier alpha value is -2.95. The van der Waals surface area contributed by atoms with Gasteiger partial charge in [0.25, 0.3) is 11.5 Å². The van der Waals surface area contributed by atoms with E-state index in [0.717, 1.165) is 22.4 Å². The van der Waals surface area contributed by atoms with Gasteiger partial charge in [-0.2, -0.15) is 0 Å². The number of aryl methyl sites for hydroxylation is 2. The van der Waals surface area contributed by atoms with Crippen LogP contribution in [0, 0.1) is 6.92 Å². The predicted molar refractivity (Wildman–Crippen MR) is 117 cm³/mol. The second-order valence-electron chi connectivity index (χ2n) is 6.28. The van der Waals surface area contributed by atoms with E-state index >= 15 is 0 Å². The summed E-state index contributed by atoms with van der Waals surface area (Å²) in [7, 11) is 0. The topological polar surface area (TPSA) is 147 Å². The molecule has 1 aliphatic rings. The zero-order valence-electron chi connectivity index (χ0n) is 16.3. The molecule has 4 rings (SSSR count). The number of halogens is 1. The maximum absolute atomic E-state index is 11.7. The van der Waals surface area contributed by atoms with E-state index in [1.807, 2.05) is 32.0 Å². The lowest BCUT2D eigenvalue weighted by atomic mass is 10.1. The van der Waals surface area contributed by atoms with Crippen molar-refractivity contribution >= 4 is 51.5 Å². The Morgan fingerprint density at radius 1 is 1.37 bits per heavy atom. The van der Waals surface area contributed by atoms with Crippen molar-refractivity contribution in [3.63, 3.8) is 0 Å². The molecule has 160 valence electrons. The third kappa shape index (κ3) is 4.78. The second-order valence-corrected chi connectivity index (χ2v) is 7.36. The molecule has 0 radical (unpaired) electrons. The molecule has 0 unspecified atom stereocenters. The van der Waals surface area contributed by atoms with Gasteiger partial charge in [0.15, 0.2) is 6.61 Å². The summed E-state index contributed by atoms with van der Waals surface area (Å²) in [6.45, 7) is 4.40. The highest BCUT2D eigenvalue weighted by atomic mass is 35.5. The number of carbonyl (C=O) groups is 2. The van der Waals surface area contributed by atoms with E-state index in [9.17, 15) is 14.4 Å². The number of anilines is 1. The number of carbonyl (C=O) groups excluding carboxylic acids is 1. The average molecular weight is 453 g/mol. The molecule has 0 aliphatic carbocycles. The Morgan fingerprint density at radius 3 is 2.73 bits per heavy atom. The zero-order chi connectivity index (χ0) is 21.1. The van der Waals surface area contributed by atoms with Gasteiger partial charge in [0.2, 0.25) is 5.82 Å². The average Bonchev–Trinajstić information content (AvgIpc) is 3.04. The number of carboxylic acids is 1. The molecule has 3 heterocycles. The van der Waals surface area contributed by atoms with E-state index in [1.54, 1.807) is 0 Å². The molecule has 0 saturated carbocycles. The van der Waals surface area contributed by atoms with Crippen LogP contribution < -0.4 is 21.3 Å². The molecule has 0 bridgehead atoms. The van der Waals surface area contributed by atoms with Crippen LogP contribution in [0.4, 0.5) is 5.69 Å². The van der Waals surface area contributed by atoms with Gasteiger partial charge >= 0.3 is 5.97 Å². The van der Waals surface area contributed by atoms with Gasteiger partial charge in [-0.3, -0.25) is 9.59 Å². The SMILES string of the molecule is CCc1sc2nc(C(=O)O)[nH]c(=O)c2c1C.Cl.NCc1ccc2c(c1)NC(=O)CO2. The van der Waals surface area contributed by atoms with Crippen molar-refractivity contribution in [2.75, 3.05) is 11.9 Å². The van der Waals surface area contributed by atoms with Crippen LogP contribution in [0.5, 0.6) is 5.75 Å². The summed E-state index contributed by atoms with van der Waals surface area (Å²) >= 11 is 1.38. The molecule has 1 aromatic carbocycles. The molecule has 2 aromatic heterocycles. The number of nitrogens with zero attached hydrogens (tertiary/aromatic N) is 1. The van der Waals surface area contributed by atoms with Crippen LogP contribution in [0.2, 0.25) is 0 Å². The van der Waals surface area contributed by atoms with E-state index in [0.29, 0.717) is 28.2 Å². The largest absolute Gasteiger partial charge is 0.482 e. The first-order chi connectivity index (χ1) is 13.8. The van der Waals surface area contributed by atoms with E-state index in [4.69, 9.17) is 15.6 Å². The number of aromatic nitrogens is 2. The maximum atomic E-state index is 11.7. The fourth-order valence-electron chi connectivity index (χ4n) is 2.89. The second kappa shape index (κ2) is 9.70. The first-order valence-corrected chi connectivity index (χ1v) is 9.66. The minimum Gasteiger partial charge on any atom is -0.482 e. The number of hydrogen-bond acceptors (Lipinski definition) is 7. The number of aromatic amines is 1. The number of ether oxygens (including phenoxy) is 1.